The van der Waals surface area contributed by atoms with Gasteiger partial charge < -0.3 is 18.3 Å². The molecule has 0 aliphatic heterocycles. The molecule has 0 spiro atoms. The van der Waals surface area contributed by atoms with Gasteiger partial charge in [0.25, 0.3) is 0 Å². The molecule has 57 heavy (non-hydrogen) atoms. The van der Waals surface area contributed by atoms with Crippen LogP contribution in [0, 0.1) is 0 Å². The second-order valence-corrected chi connectivity index (χ2v) is 15.7. The molecule has 8 aromatic carbocycles. The molecule has 0 fully saturated rings. The van der Waals surface area contributed by atoms with Crippen molar-refractivity contribution in [3.8, 4) is 27.9 Å². The first-order chi connectivity index (χ1) is 28.0. The number of para-hydroxylation sites is 3. The van der Waals surface area contributed by atoms with E-state index in [1.807, 2.05) is 18.2 Å². The fourth-order valence-electron chi connectivity index (χ4n) is 9.43. The molecule has 4 heteroatoms. The van der Waals surface area contributed by atoms with Gasteiger partial charge >= 0.3 is 0 Å². The minimum absolute atomic E-state index is 0.120. The van der Waals surface area contributed by atoms with E-state index in [4.69, 9.17) is 8.83 Å². The lowest BCUT2D eigenvalue weighted by molar-refractivity contribution is 0.660. The zero-order valence-electron chi connectivity index (χ0n) is 31.5. The summed E-state index contributed by atoms with van der Waals surface area (Å²) in [6, 6.07) is 65.2. The molecule has 0 saturated heterocycles. The number of nitrogens with zero attached hydrogens (tertiary/aromatic N) is 2. The lowest BCUT2D eigenvalue weighted by atomic mass is 9.82. The molecule has 0 saturated carbocycles. The largest absolute Gasteiger partial charge is 0.456 e. The number of hydrogen-bond acceptors (Lipinski definition) is 3. The Balaban J connectivity index is 1.01. The predicted octanol–water partition coefficient (Wildman–Crippen LogP) is 14.9. The van der Waals surface area contributed by atoms with E-state index in [9.17, 15) is 0 Å². The number of furan rings is 2. The van der Waals surface area contributed by atoms with E-state index in [0.29, 0.717) is 0 Å². The molecule has 3 heterocycles. The van der Waals surface area contributed by atoms with Crippen LogP contribution in [0.3, 0.4) is 0 Å². The van der Waals surface area contributed by atoms with Gasteiger partial charge in [-0.05, 0) is 118 Å². The third kappa shape index (κ3) is 4.68. The maximum Gasteiger partial charge on any atom is 0.161 e. The summed E-state index contributed by atoms with van der Waals surface area (Å²) in [6.45, 7) is 4.68. The van der Waals surface area contributed by atoms with Gasteiger partial charge in [0.15, 0.2) is 5.58 Å². The summed E-state index contributed by atoms with van der Waals surface area (Å²) >= 11 is 0. The summed E-state index contributed by atoms with van der Waals surface area (Å²) in [5, 5.41) is 4.42. The van der Waals surface area contributed by atoms with Crippen LogP contribution >= 0.6 is 0 Å². The quantitative estimate of drug-likeness (QED) is 0.177. The number of aromatic nitrogens is 1. The van der Waals surface area contributed by atoms with Crippen molar-refractivity contribution >= 4 is 72.0 Å². The van der Waals surface area contributed by atoms with Gasteiger partial charge in [0.1, 0.15) is 22.3 Å². The Morgan fingerprint density at radius 1 is 0.439 bits per heavy atom. The number of hydrogen-bond donors (Lipinski definition) is 0. The molecule has 1 aliphatic carbocycles. The van der Waals surface area contributed by atoms with Crippen molar-refractivity contribution in [3.63, 3.8) is 0 Å². The predicted molar refractivity (Wildman–Crippen MR) is 236 cm³/mol. The minimum atomic E-state index is -0.120. The molecule has 0 radical (unpaired) electrons. The van der Waals surface area contributed by atoms with Crippen LogP contribution in [0.1, 0.15) is 25.0 Å². The van der Waals surface area contributed by atoms with Gasteiger partial charge in [0.05, 0.1) is 5.52 Å². The number of rotatable bonds is 5. The van der Waals surface area contributed by atoms with Crippen molar-refractivity contribution in [2.75, 3.05) is 4.90 Å². The van der Waals surface area contributed by atoms with E-state index in [0.717, 1.165) is 88.8 Å². The number of fused-ring (bicyclic) bond motifs is 11. The first-order valence-corrected chi connectivity index (χ1v) is 19.6. The van der Waals surface area contributed by atoms with E-state index in [-0.39, 0.29) is 5.41 Å². The minimum Gasteiger partial charge on any atom is -0.456 e. The molecule has 1 aliphatic rings. The van der Waals surface area contributed by atoms with Crippen molar-refractivity contribution in [1.82, 2.24) is 4.57 Å². The van der Waals surface area contributed by atoms with Gasteiger partial charge in [-0.2, -0.15) is 0 Å². The van der Waals surface area contributed by atoms with E-state index in [2.05, 4.69) is 187 Å². The summed E-state index contributed by atoms with van der Waals surface area (Å²) in [4.78, 5) is 2.38. The van der Waals surface area contributed by atoms with Crippen LogP contribution in [0.5, 0.6) is 0 Å². The number of benzene rings is 8. The topological polar surface area (TPSA) is 34.5 Å². The standard InChI is InChI=1S/C53H36N2O2/c1-53(2)45-17-9-6-14-39(45)40-27-25-38(32-46(40)53)54(37-26-29-50-43(31-37)41-15-7-10-18-48(41)56-50)36-23-20-33(21-24-36)34-22-28-47-44(30-34)52-51(42-16-8-11-19-49(42)57-52)55(47)35-12-4-3-5-13-35/h3-32H,1-2H3. The van der Waals surface area contributed by atoms with E-state index >= 15 is 0 Å². The molecule has 0 amide bonds. The molecule has 12 rings (SSSR count). The first kappa shape index (κ1) is 32.0. The Kier molecular flexibility index (Phi) is 6.65. The molecule has 4 nitrogen and oxygen atoms in total. The summed E-state index contributed by atoms with van der Waals surface area (Å²) in [6.07, 6.45) is 0. The molecule has 0 N–H and O–H groups in total. The Morgan fingerprint density at radius 2 is 1.07 bits per heavy atom. The van der Waals surface area contributed by atoms with Crippen LogP contribution in [0.25, 0.3) is 82.9 Å². The summed E-state index contributed by atoms with van der Waals surface area (Å²) in [5.41, 5.74) is 17.7. The normalized spacial score (nSPS) is 13.2. The second-order valence-electron chi connectivity index (χ2n) is 15.7. The fraction of sp³-hybridized carbons (Fsp3) is 0.0566. The molecule has 0 bridgehead atoms. The third-order valence-corrected chi connectivity index (χ3v) is 12.2. The monoisotopic (exact) mass is 732 g/mol. The van der Waals surface area contributed by atoms with E-state index in [1.165, 1.54) is 22.3 Å². The highest BCUT2D eigenvalue weighted by Crippen LogP contribution is 2.51. The van der Waals surface area contributed by atoms with Gasteiger partial charge in [0, 0.05) is 49.7 Å². The molecule has 0 unspecified atom stereocenters. The van der Waals surface area contributed by atoms with Crippen LogP contribution in [-0.2, 0) is 5.41 Å². The van der Waals surface area contributed by atoms with Crippen molar-refractivity contribution in [3.05, 3.63) is 193 Å². The van der Waals surface area contributed by atoms with E-state index < -0.39 is 0 Å². The lowest BCUT2D eigenvalue weighted by Crippen LogP contribution is -2.16. The van der Waals surface area contributed by atoms with Gasteiger partial charge in [-0.25, -0.2) is 0 Å². The maximum absolute atomic E-state index is 6.59. The maximum atomic E-state index is 6.59. The zero-order valence-corrected chi connectivity index (χ0v) is 31.5. The summed E-state index contributed by atoms with van der Waals surface area (Å²) in [5.74, 6) is 0. The first-order valence-electron chi connectivity index (χ1n) is 19.6. The Morgan fingerprint density at radius 3 is 1.91 bits per heavy atom. The fourth-order valence-corrected chi connectivity index (χ4v) is 9.43. The van der Waals surface area contributed by atoms with Gasteiger partial charge in [0.2, 0.25) is 0 Å². The molecule has 11 aromatic rings. The Hall–Kier alpha value is -7.30. The zero-order chi connectivity index (χ0) is 37.8. The van der Waals surface area contributed by atoms with Crippen molar-refractivity contribution in [2.45, 2.75) is 19.3 Å². The molecule has 0 atom stereocenters. The molecular formula is C53H36N2O2. The SMILES string of the molecule is CC1(C)c2ccccc2-c2ccc(N(c3ccc(-c4ccc5c(c4)c4oc6ccccc6c4n5-c4ccccc4)cc3)c3ccc4oc5ccccc5c4c3)cc21. The van der Waals surface area contributed by atoms with Crippen LogP contribution in [0.15, 0.2) is 191 Å². The smallest absolute Gasteiger partial charge is 0.161 e. The molecule has 270 valence electrons. The summed E-state index contributed by atoms with van der Waals surface area (Å²) < 4.78 is 15.2. The summed E-state index contributed by atoms with van der Waals surface area (Å²) in [7, 11) is 0. The van der Waals surface area contributed by atoms with Crippen molar-refractivity contribution in [1.29, 1.82) is 0 Å². The highest BCUT2D eigenvalue weighted by atomic mass is 16.3. The Labute approximate surface area is 329 Å². The van der Waals surface area contributed by atoms with Crippen LogP contribution in [0.4, 0.5) is 17.1 Å². The van der Waals surface area contributed by atoms with Crippen LogP contribution < -0.4 is 4.90 Å². The third-order valence-electron chi connectivity index (χ3n) is 12.2. The van der Waals surface area contributed by atoms with Gasteiger partial charge in [-0.1, -0.05) is 111 Å². The average molecular weight is 733 g/mol. The highest BCUT2D eigenvalue weighted by Gasteiger charge is 2.35. The highest BCUT2D eigenvalue weighted by molar-refractivity contribution is 6.17. The number of anilines is 3. The van der Waals surface area contributed by atoms with Crippen molar-refractivity contribution in [2.24, 2.45) is 0 Å². The Bertz CT molecular complexity index is 3380. The molecule has 3 aromatic heterocycles. The molecular weight excluding hydrogens is 697 g/mol. The van der Waals surface area contributed by atoms with Crippen LogP contribution in [-0.4, -0.2) is 4.57 Å². The lowest BCUT2D eigenvalue weighted by Gasteiger charge is -2.28. The van der Waals surface area contributed by atoms with Gasteiger partial charge in [-0.3, -0.25) is 0 Å². The second kappa shape index (κ2) is 11.8. The average Bonchev–Trinajstić information content (AvgIpc) is 3.98. The van der Waals surface area contributed by atoms with Crippen LogP contribution in [0.2, 0.25) is 0 Å². The van der Waals surface area contributed by atoms with Gasteiger partial charge in [-0.15, -0.1) is 0 Å². The van der Waals surface area contributed by atoms with E-state index in [1.54, 1.807) is 0 Å². The van der Waals surface area contributed by atoms with Crippen molar-refractivity contribution < 1.29 is 8.83 Å².